The number of hydrogen-bond acceptors (Lipinski definition) is 5. The largest absolute Gasteiger partial charge is 0.310 e. The van der Waals surface area contributed by atoms with E-state index in [9.17, 15) is 14.4 Å². The van der Waals surface area contributed by atoms with Gasteiger partial charge in [0, 0.05) is 0 Å². The number of carbonyl (C=O) groups is 3. The second-order valence-corrected chi connectivity index (χ2v) is 2.59. The number of Topliss-reactive ketones (excluding diaryl/α,β-unsaturated/α-hetero) is 2. The standard InChI is InChI=1S/2C3H6O.C2HN3O/c2*1-3(2)4;6-2-1-3-5-4-2/h2*1-2H3;1H. The van der Waals surface area contributed by atoms with Crippen molar-refractivity contribution in [3.63, 3.8) is 0 Å². The lowest BCUT2D eigenvalue weighted by Crippen LogP contribution is -1.84. The summed E-state index contributed by atoms with van der Waals surface area (Å²) < 4.78 is 0. The van der Waals surface area contributed by atoms with Gasteiger partial charge in [0.05, 0.1) is 0 Å². The first-order valence-corrected chi connectivity index (χ1v) is 3.78. The minimum absolute atomic E-state index is 0.167. The summed E-state index contributed by atoms with van der Waals surface area (Å²) in [6.45, 7) is 6.11. The molecule has 0 saturated carbocycles. The van der Waals surface area contributed by atoms with Crippen molar-refractivity contribution in [3.05, 3.63) is 0 Å². The van der Waals surface area contributed by atoms with E-state index in [1.165, 1.54) is 27.7 Å². The molecule has 1 rings (SSSR count). The van der Waals surface area contributed by atoms with Gasteiger partial charge in [-0.05, 0) is 32.9 Å². The third-order valence-corrected chi connectivity index (χ3v) is 0.363. The van der Waals surface area contributed by atoms with Crippen LogP contribution < -0.4 is 0 Å². The highest BCUT2D eigenvalue weighted by Crippen LogP contribution is 1.83. The van der Waals surface area contributed by atoms with Crippen molar-refractivity contribution in [2.24, 2.45) is 15.4 Å². The minimum Gasteiger partial charge on any atom is -0.300 e. The molecule has 0 spiro atoms. The maximum atomic E-state index is 9.83. The SMILES string of the molecule is CC(C)=O.CC(C)=O.O=C1C=NN=N1. The van der Waals surface area contributed by atoms with Gasteiger partial charge in [0.2, 0.25) is 0 Å². The minimum atomic E-state index is -0.380. The molecule has 0 atom stereocenters. The molecule has 0 aliphatic carbocycles. The Morgan fingerprint density at radius 2 is 1.43 bits per heavy atom. The molecule has 1 aliphatic heterocycles. The fourth-order valence-electron chi connectivity index (χ4n) is 0.171. The van der Waals surface area contributed by atoms with E-state index in [2.05, 4.69) is 15.4 Å². The van der Waals surface area contributed by atoms with Crippen molar-refractivity contribution in [2.45, 2.75) is 27.7 Å². The van der Waals surface area contributed by atoms with Gasteiger partial charge in [-0.25, -0.2) is 0 Å². The van der Waals surface area contributed by atoms with Crippen molar-refractivity contribution >= 4 is 23.7 Å². The second-order valence-electron chi connectivity index (χ2n) is 2.59. The number of ketones is 2. The van der Waals surface area contributed by atoms with Gasteiger partial charge in [0.25, 0.3) is 0 Å². The van der Waals surface area contributed by atoms with Crippen molar-refractivity contribution < 1.29 is 14.4 Å². The normalized spacial score (nSPS) is 11.0. The second kappa shape index (κ2) is 9.37. The molecule has 1 aliphatic rings. The van der Waals surface area contributed by atoms with Crippen LogP contribution in [-0.4, -0.2) is 23.7 Å². The first-order chi connectivity index (χ1) is 6.36. The average Bonchev–Trinajstić information content (AvgIpc) is 2.36. The van der Waals surface area contributed by atoms with E-state index in [4.69, 9.17) is 0 Å². The van der Waals surface area contributed by atoms with Gasteiger partial charge in [-0.3, -0.25) is 4.79 Å². The molecule has 0 fully saturated rings. The molecule has 0 unspecified atom stereocenters. The Morgan fingerprint density at radius 3 is 1.50 bits per heavy atom. The predicted molar refractivity (Wildman–Crippen MR) is 51.1 cm³/mol. The Balaban J connectivity index is 0. The van der Waals surface area contributed by atoms with E-state index in [1.807, 2.05) is 0 Å². The lowest BCUT2D eigenvalue weighted by molar-refractivity contribution is -0.115. The predicted octanol–water partition coefficient (Wildman–Crippen LogP) is 1.16. The van der Waals surface area contributed by atoms with Crippen molar-refractivity contribution in [2.75, 3.05) is 0 Å². The molecule has 6 heteroatoms. The summed E-state index contributed by atoms with van der Waals surface area (Å²) in [5.74, 6) is -0.0463. The topological polar surface area (TPSA) is 88.3 Å². The Kier molecular flexibility index (Phi) is 9.89. The number of rotatable bonds is 0. The molecular formula is C8H13N3O3. The molecule has 1 amide bonds. The summed E-state index contributed by atoms with van der Waals surface area (Å²) in [6.07, 6.45) is 1.06. The van der Waals surface area contributed by atoms with Crippen molar-refractivity contribution in [3.8, 4) is 0 Å². The fourth-order valence-corrected chi connectivity index (χ4v) is 0.171. The molecule has 0 bridgehead atoms. The summed E-state index contributed by atoms with van der Waals surface area (Å²) in [5, 5.41) is 9.16. The summed E-state index contributed by atoms with van der Waals surface area (Å²) in [7, 11) is 0. The van der Waals surface area contributed by atoms with E-state index in [0.29, 0.717) is 0 Å². The number of carbonyl (C=O) groups excluding carboxylic acids is 3. The van der Waals surface area contributed by atoms with Crippen LogP contribution in [0, 0.1) is 0 Å². The number of nitrogens with zero attached hydrogens (tertiary/aromatic N) is 3. The van der Waals surface area contributed by atoms with Crippen LogP contribution in [0.25, 0.3) is 0 Å². The van der Waals surface area contributed by atoms with E-state index >= 15 is 0 Å². The molecule has 1 heterocycles. The molecule has 0 aromatic heterocycles. The van der Waals surface area contributed by atoms with Crippen LogP contribution in [0.1, 0.15) is 27.7 Å². The maximum absolute atomic E-state index is 9.83. The van der Waals surface area contributed by atoms with Crippen molar-refractivity contribution in [1.29, 1.82) is 0 Å². The van der Waals surface area contributed by atoms with Gasteiger partial charge < -0.3 is 9.59 Å². The van der Waals surface area contributed by atoms with Crippen LogP contribution in [0.15, 0.2) is 15.4 Å². The maximum Gasteiger partial charge on any atom is 0.310 e. The van der Waals surface area contributed by atoms with Crippen LogP contribution in [-0.2, 0) is 14.4 Å². The molecule has 14 heavy (non-hydrogen) atoms. The molecule has 0 saturated heterocycles. The smallest absolute Gasteiger partial charge is 0.300 e. The Hall–Kier alpha value is -1.72. The highest BCUT2D eigenvalue weighted by atomic mass is 16.2. The summed E-state index contributed by atoms with van der Waals surface area (Å²) in [6, 6.07) is 0. The third-order valence-electron chi connectivity index (χ3n) is 0.363. The van der Waals surface area contributed by atoms with Gasteiger partial charge in [-0.2, -0.15) is 0 Å². The monoisotopic (exact) mass is 199 g/mol. The molecule has 0 aromatic rings. The fraction of sp³-hybridized carbons (Fsp3) is 0.500. The Labute approximate surface area is 82.1 Å². The molecule has 0 radical (unpaired) electrons. The van der Waals surface area contributed by atoms with Gasteiger partial charge in [-0.1, -0.05) is 5.11 Å². The highest BCUT2D eigenvalue weighted by Gasteiger charge is 1.94. The average molecular weight is 199 g/mol. The number of hydrogen-bond donors (Lipinski definition) is 0. The van der Waals surface area contributed by atoms with E-state index in [1.54, 1.807) is 0 Å². The molecule has 78 valence electrons. The zero-order valence-corrected chi connectivity index (χ0v) is 8.64. The van der Waals surface area contributed by atoms with Gasteiger partial charge >= 0.3 is 5.91 Å². The van der Waals surface area contributed by atoms with E-state index in [-0.39, 0.29) is 17.5 Å². The third kappa shape index (κ3) is 31.8. The first-order valence-electron chi connectivity index (χ1n) is 3.78. The van der Waals surface area contributed by atoms with Crippen LogP contribution >= 0.6 is 0 Å². The van der Waals surface area contributed by atoms with Crippen LogP contribution in [0.2, 0.25) is 0 Å². The molecular weight excluding hydrogens is 186 g/mol. The van der Waals surface area contributed by atoms with Crippen LogP contribution in [0.4, 0.5) is 0 Å². The first kappa shape index (κ1) is 14.8. The van der Waals surface area contributed by atoms with E-state index in [0.717, 1.165) is 6.21 Å². The van der Waals surface area contributed by atoms with Gasteiger partial charge in [0.15, 0.2) is 0 Å². The number of amides is 1. The summed E-state index contributed by atoms with van der Waals surface area (Å²) in [5.41, 5.74) is 0. The quantitative estimate of drug-likeness (QED) is 0.586. The van der Waals surface area contributed by atoms with Crippen LogP contribution in [0.5, 0.6) is 0 Å². The van der Waals surface area contributed by atoms with Crippen molar-refractivity contribution in [1.82, 2.24) is 0 Å². The Morgan fingerprint density at radius 1 is 1.07 bits per heavy atom. The zero-order valence-electron chi connectivity index (χ0n) is 8.64. The zero-order chi connectivity index (χ0) is 11.6. The molecule has 6 nitrogen and oxygen atoms in total. The van der Waals surface area contributed by atoms with Gasteiger partial charge in [0.1, 0.15) is 17.8 Å². The Bertz CT molecular complexity index is 235. The highest BCUT2D eigenvalue weighted by molar-refractivity contribution is 6.27. The lowest BCUT2D eigenvalue weighted by atomic mass is 10.6. The molecule has 0 aromatic carbocycles. The van der Waals surface area contributed by atoms with Gasteiger partial charge in [-0.15, -0.1) is 5.10 Å². The molecule has 0 N–H and O–H groups in total. The summed E-state index contributed by atoms with van der Waals surface area (Å²) in [4.78, 5) is 28.7. The van der Waals surface area contributed by atoms with Crippen LogP contribution in [0.3, 0.4) is 0 Å². The lowest BCUT2D eigenvalue weighted by Gasteiger charge is -1.56. The van der Waals surface area contributed by atoms with E-state index < -0.39 is 0 Å². The summed E-state index contributed by atoms with van der Waals surface area (Å²) >= 11 is 0.